The van der Waals surface area contributed by atoms with Gasteiger partial charge in [0.25, 0.3) is 0 Å². The van der Waals surface area contributed by atoms with Gasteiger partial charge in [-0.2, -0.15) is 0 Å². The van der Waals surface area contributed by atoms with Gasteiger partial charge in [0.05, 0.1) is 12.7 Å². The molecule has 25 heavy (non-hydrogen) atoms. The van der Waals surface area contributed by atoms with Crippen LogP contribution in [0.25, 0.3) is 0 Å². The van der Waals surface area contributed by atoms with Crippen molar-refractivity contribution in [1.82, 2.24) is 10.6 Å². The highest BCUT2D eigenvalue weighted by Crippen LogP contribution is 2.35. The second-order valence-corrected chi connectivity index (χ2v) is 7.06. The highest BCUT2D eigenvalue weighted by atomic mass is 35.5. The van der Waals surface area contributed by atoms with Crippen molar-refractivity contribution in [2.45, 2.75) is 37.3 Å². The molecule has 0 aliphatic carbocycles. The Labute approximate surface area is 160 Å². The molecule has 2 saturated heterocycles. The van der Waals surface area contributed by atoms with Crippen LogP contribution in [0.5, 0.6) is 0 Å². The van der Waals surface area contributed by atoms with Gasteiger partial charge in [-0.15, -0.1) is 12.4 Å². The molecule has 1 amide bonds. The normalized spacial score (nSPS) is 25.7. The molecule has 0 unspecified atom stereocenters. The van der Waals surface area contributed by atoms with E-state index in [4.69, 9.17) is 21.1 Å². The van der Waals surface area contributed by atoms with E-state index in [1.807, 2.05) is 19.1 Å². The van der Waals surface area contributed by atoms with E-state index in [0.29, 0.717) is 32.9 Å². The van der Waals surface area contributed by atoms with Crippen LogP contribution in [0, 0.1) is 0 Å². The number of amides is 1. The summed E-state index contributed by atoms with van der Waals surface area (Å²) >= 11 is 6.02. The predicted octanol–water partition coefficient (Wildman–Crippen LogP) is 2.30. The van der Waals surface area contributed by atoms with E-state index < -0.39 is 0 Å². The zero-order valence-corrected chi connectivity index (χ0v) is 16.0. The van der Waals surface area contributed by atoms with Crippen LogP contribution in [0.4, 0.5) is 0 Å². The van der Waals surface area contributed by atoms with Crippen LogP contribution in [0.3, 0.4) is 0 Å². The first-order valence-corrected chi connectivity index (χ1v) is 8.95. The lowest BCUT2D eigenvalue weighted by Gasteiger charge is -2.39. The quantitative estimate of drug-likeness (QED) is 0.830. The van der Waals surface area contributed by atoms with Gasteiger partial charge in [0.1, 0.15) is 6.04 Å². The van der Waals surface area contributed by atoms with Gasteiger partial charge in [-0.05, 0) is 37.5 Å². The van der Waals surface area contributed by atoms with E-state index in [0.717, 1.165) is 17.9 Å². The van der Waals surface area contributed by atoms with Crippen molar-refractivity contribution in [3.05, 3.63) is 34.9 Å². The molecular formula is C18H26Cl2N2O3. The van der Waals surface area contributed by atoms with Crippen LogP contribution in [-0.2, 0) is 19.7 Å². The average molecular weight is 389 g/mol. The van der Waals surface area contributed by atoms with Crippen molar-refractivity contribution in [2.75, 3.05) is 32.9 Å². The molecule has 140 valence electrons. The van der Waals surface area contributed by atoms with Crippen molar-refractivity contribution in [3.63, 3.8) is 0 Å². The van der Waals surface area contributed by atoms with Gasteiger partial charge >= 0.3 is 0 Å². The van der Waals surface area contributed by atoms with E-state index in [-0.39, 0.29) is 35.9 Å². The van der Waals surface area contributed by atoms with Gasteiger partial charge in [0.2, 0.25) is 5.91 Å². The first kappa shape index (κ1) is 20.5. The Kier molecular flexibility index (Phi) is 7.52. The number of hydrogen-bond acceptors (Lipinski definition) is 4. The number of rotatable bonds is 4. The summed E-state index contributed by atoms with van der Waals surface area (Å²) in [5.74, 6) is 0.00188. The number of ether oxygens (including phenoxy) is 2. The Morgan fingerprint density at radius 2 is 1.96 bits per heavy atom. The Bertz CT molecular complexity index is 562. The fraction of sp³-hybridized carbons (Fsp3) is 0.611. The average Bonchev–Trinajstić information content (AvgIpc) is 2.61. The minimum atomic E-state index is -0.291. The second kappa shape index (κ2) is 9.19. The smallest absolute Gasteiger partial charge is 0.239 e. The highest BCUT2D eigenvalue weighted by Gasteiger charge is 2.36. The minimum absolute atomic E-state index is 0. The van der Waals surface area contributed by atoms with Gasteiger partial charge in [-0.25, -0.2) is 0 Å². The van der Waals surface area contributed by atoms with E-state index >= 15 is 0 Å². The van der Waals surface area contributed by atoms with E-state index in [2.05, 4.69) is 22.8 Å². The van der Waals surface area contributed by atoms with Crippen molar-refractivity contribution >= 4 is 29.9 Å². The fourth-order valence-corrected chi connectivity index (χ4v) is 3.65. The summed E-state index contributed by atoms with van der Waals surface area (Å²) < 4.78 is 11.1. The summed E-state index contributed by atoms with van der Waals surface area (Å²) in [5.41, 5.74) is 1.11. The van der Waals surface area contributed by atoms with Crippen LogP contribution >= 0.6 is 24.0 Å². The molecule has 2 N–H and O–H groups in total. The third-order valence-electron chi connectivity index (χ3n) is 5.11. The Morgan fingerprint density at radius 1 is 1.28 bits per heavy atom. The molecule has 0 radical (unpaired) electrons. The van der Waals surface area contributed by atoms with Crippen molar-refractivity contribution in [2.24, 2.45) is 0 Å². The molecule has 0 aromatic heterocycles. The first-order chi connectivity index (χ1) is 11.6. The topological polar surface area (TPSA) is 59.6 Å². The summed E-state index contributed by atoms with van der Waals surface area (Å²) in [7, 11) is 0. The summed E-state index contributed by atoms with van der Waals surface area (Å²) in [4.78, 5) is 12.6. The molecule has 2 heterocycles. The lowest BCUT2D eigenvalue weighted by atomic mass is 9.74. The maximum atomic E-state index is 12.6. The number of hydrogen-bond donors (Lipinski definition) is 2. The maximum Gasteiger partial charge on any atom is 0.239 e. The van der Waals surface area contributed by atoms with Gasteiger partial charge in [-0.1, -0.05) is 23.7 Å². The molecule has 2 fully saturated rings. The molecule has 1 aromatic rings. The van der Waals surface area contributed by atoms with Crippen LogP contribution < -0.4 is 10.6 Å². The minimum Gasteiger partial charge on any atom is -0.381 e. The lowest BCUT2D eigenvalue weighted by molar-refractivity contribution is -0.129. The van der Waals surface area contributed by atoms with E-state index in [1.165, 1.54) is 5.56 Å². The van der Waals surface area contributed by atoms with E-state index in [9.17, 15) is 4.79 Å². The zero-order valence-electron chi connectivity index (χ0n) is 14.4. The van der Waals surface area contributed by atoms with Crippen molar-refractivity contribution in [1.29, 1.82) is 0 Å². The van der Waals surface area contributed by atoms with Crippen LogP contribution in [-0.4, -0.2) is 51.0 Å². The maximum absolute atomic E-state index is 12.6. The third-order valence-corrected chi connectivity index (χ3v) is 5.36. The number of carbonyl (C=O) groups excluding carboxylic acids is 1. The largest absolute Gasteiger partial charge is 0.381 e. The van der Waals surface area contributed by atoms with Gasteiger partial charge in [0.15, 0.2) is 0 Å². The molecule has 3 rings (SSSR count). The number of halogens is 2. The standard InChI is InChI=1S/C18H25ClN2O3.ClH/c1-13-16(20-8-11-24-13)17(22)21-12-18(6-9-23-10-7-18)14-2-4-15(19)5-3-14;/h2-5,13,16,20H,6-12H2,1H3,(H,21,22);1H/t13-,16+;/m1./s1. The summed E-state index contributed by atoms with van der Waals surface area (Å²) in [6, 6.07) is 7.65. The van der Waals surface area contributed by atoms with Crippen molar-refractivity contribution in [3.8, 4) is 0 Å². The molecule has 2 aliphatic heterocycles. The molecule has 0 bridgehead atoms. The fourth-order valence-electron chi connectivity index (χ4n) is 3.53. The summed E-state index contributed by atoms with van der Waals surface area (Å²) in [5, 5.41) is 7.10. The first-order valence-electron chi connectivity index (χ1n) is 8.57. The Balaban J connectivity index is 0.00000225. The monoisotopic (exact) mass is 388 g/mol. The van der Waals surface area contributed by atoms with Gasteiger partial charge < -0.3 is 20.1 Å². The number of morpholine rings is 1. The molecule has 0 saturated carbocycles. The lowest BCUT2D eigenvalue weighted by Crippen LogP contribution is -2.57. The van der Waals surface area contributed by atoms with E-state index in [1.54, 1.807) is 0 Å². The molecule has 7 heteroatoms. The SMILES string of the molecule is C[C@H]1OCCN[C@@H]1C(=O)NCC1(c2ccc(Cl)cc2)CCOCC1.Cl. The van der Waals surface area contributed by atoms with Gasteiger partial charge in [0, 0.05) is 36.7 Å². The zero-order chi connectivity index (χ0) is 17.0. The summed E-state index contributed by atoms with van der Waals surface area (Å²) in [6.45, 7) is 5.30. The second-order valence-electron chi connectivity index (χ2n) is 6.63. The molecule has 2 aliphatic rings. The number of nitrogens with one attached hydrogen (secondary N) is 2. The Hall–Kier alpha value is -0.850. The third kappa shape index (κ3) is 4.86. The van der Waals surface area contributed by atoms with Crippen LogP contribution in [0.15, 0.2) is 24.3 Å². The number of carbonyl (C=O) groups is 1. The van der Waals surface area contributed by atoms with Crippen molar-refractivity contribution < 1.29 is 14.3 Å². The molecule has 2 atom stereocenters. The highest BCUT2D eigenvalue weighted by molar-refractivity contribution is 6.30. The molecular weight excluding hydrogens is 363 g/mol. The molecule has 5 nitrogen and oxygen atoms in total. The Morgan fingerprint density at radius 3 is 2.60 bits per heavy atom. The molecule has 1 aromatic carbocycles. The van der Waals surface area contributed by atoms with Crippen LogP contribution in [0.1, 0.15) is 25.3 Å². The molecule has 0 spiro atoms. The van der Waals surface area contributed by atoms with Crippen LogP contribution in [0.2, 0.25) is 5.02 Å². The summed E-state index contributed by atoms with van der Waals surface area (Å²) in [6.07, 6.45) is 1.66. The predicted molar refractivity (Wildman–Crippen MR) is 101 cm³/mol. The van der Waals surface area contributed by atoms with Gasteiger partial charge in [-0.3, -0.25) is 4.79 Å². The number of benzene rings is 1.